The molecule has 2 aromatic carbocycles. The molecular formula is C23H28F3N6O2+. The Hall–Kier alpha value is -2.99. The summed E-state index contributed by atoms with van der Waals surface area (Å²) in [5.41, 5.74) is 5.27. The number of alkyl halides is 3. The summed E-state index contributed by atoms with van der Waals surface area (Å²) >= 11 is 0. The molecule has 4 rings (SSSR count). The number of anilines is 1. The second-order valence-electron chi connectivity index (χ2n) is 8.80. The van der Waals surface area contributed by atoms with Gasteiger partial charge in [0.25, 0.3) is 0 Å². The first-order valence-electron chi connectivity index (χ1n) is 11.0. The molecule has 1 saturated heterocycles. The lowest BCUT2D eigenvalue weighted by Crippen LogP contribution is -2.42. The van der Waals surface area contributed by atoms with Crippen LogP contribution in [0.4, 0.5) is 18.9 Å². The Morgan fingerprint density at radius 3 is 2.41 bits per heavy atom. The number of likely N-dealkylation sites (tertiary alicyclic amines) is 1. The van der Waals surface area contributed by atoms with Gasteiger partial charge >= 0.3 is 6.18 Å². The summed E-state index contributed by atoms with van der Waals surface area (Å²) < 4.78 is 39.8. The first kappa shape index (κ1) is 24.1. The third kappa shape index (κ3) is 6.54. The number of nitrogens with zero attached hydrogens (tertiary/aromatic N) is 5. The molecule has 1 aliphatic heterocycles. The molecule has 11 heteroatoms. The quantitative estimate of drug-likeness (QED) is 0.348. The SMILES string of the molecule is C[N+](O)(O)Nc1cccc(C2CCN(Cc3cn(Cc4ccc(C(F)(F)F)cc4)nn3)CC2)c1. The molecule has 0 radical (unpaired) electrons. The highest BCUT2D eigenvalue weighted by Gasteiger charge is 2.30. The third-order valence-corrected chi connectivity index (χ3v) is 5.88. The van der Waals surface area contributed by atoms with Crippen LogP contribution in [0.5, 0.6) is 0 Å². The lowest BCUT2D eigenvalue weighted by atomic mass is 9.89. The topological polar surface area (TPSA) is 86.4 Å². The number of benzene rings is 2. The Morgan fingerprint density at radius 2 is 1.76 bits per heavy atom. The van der Waals surface area contributed by atoms with Crippen molar-refractivity contribution in [2.24, 2.45) is 0 Å². The molecule has 182 valence electrons. The van der Waals surface area contributed by atoms with E-state index in [1.807, 2.05) is 18.3 Å². The minimum absolute atomic E-state index is 0.358. The van der Waals surface area contributed by atoms with Crippen LogP contribution < -0.4 is 5.43 Å². The van der Waals surface area contributed by atoms with E-state index < -0.39 is 16.7 Å². The zero-order chi connectivity index (χ0) is 24.3. The fraction of sp³-hybridized carbons (Fsp3) is 0.391. The van der Waals surface area contributed by atoms with Gasteiger partial charge in [0.05, 0.1) is 29.7 Å². The van der Waals surface area contributed by atoms with Crippen molar-refractivity contribution in [2.75, 3.05) is 25.6 Å². The molecule has 2 heterocycles. The van der Waals surface area contributed by atoms with Gasteiger partial charge in [-0.15, -0.1) is 5.10 Å². The van der Waals surface area contributed by atoms with E-state index in [0.29, 0.717) is 24.7 Å². The molecule has 0 spiro atoms. The molecule has 0 aliphatic carbocycles. The van der Waals surface area contributed by atoms with Crippen molar-refractivity contribution in [1.29, 1.82) is 0 Å². The van der Waals surface area contributed by atoms with E-state index in [-0.39, 0.29) is 0 Å². The fourth-order valence-electron chi connectivity index (χ4n) is 4.23. The highest BCUT2D eigenvalue weighted by Crippen LogP contribution is 2.31. The van der Waals surface area contributed by atoms with Crippen LogP contribution >= 0.6 is 0 Å². The van der Waals surface area contributed by atoms with Crippen molar-refractivity contribution in [1.82, 2.24) is 19.9 Å². The summed E-state index contributed by atoms with van der Waals surface area (Å²) in [6.45, 7) is 2.80. The zero-order valence-electron chi connectivity index (χ0n) is 18.8. The largest absolute Gasteiger partial charge is 0.416 e. The van der Waals surface area contributed by atoms with Gasteiger partial charge in [-0.25, -0.2) is 4.68 Å². The van der Waals surface area contributed by atoms with Crippen LogP contribution in [0.15, 0.2) is 54.7 Å². The Bertz CT molecular complexity index is 1090. The number of halogens is 3. The molecule has 0 saturated carbocycles. The second-order valence-corrected chi connectivity index (χ2v) is 8.80. The van der Waals surface area contributed by atoms with Gasteiger partial charge in [0.1, 0.15) is 0 Å². The molecule has 34 heavy (non-hydrogen) atoms. The fourth-order valence-corrected chi connectivity index (χ4v) is 4.23. The van der Waals surface area contributed by atoms with Gasteiger partial charge in [-0.1, -0.05) is 29.5 Å². The predicted molar refractivity (Wildman–Crippen MR) is 118 cm³/mol. The average molecular weight is 478 g/mol. The van der Waals surface area contributed by atoms with E-state index in [4.69, 9.17) is 0 Å². The first-order chi connectivity index (χ1) is 16.0. The minimum atomic E-state index is -4.34. The monoisotopic (exact) mass is 477 g/mol. The Labute approximate surface area is 195 Å². The molecule has 3 N–H and O–H groups in total. The van der Waals surface area contributed by atoms with E-state index >= 15 is 0 Å². The number of piperidine rings is 1. The van der Waals surface area contributed by atoms with Crippen molar-refractivity contribution in [2.45, 2.75) is 38.0 Å². The summed E-state index contributed by atoms with van der Waals surface area (Å²) in [7, 11) is 1.21. The summed E-state index contributed by atoms with van der Waals surface area (Å²) in [4.78, 5) is 0.974. The Kier molecular flexibility index (Phi) is 6.89. The van der Waals surface area contributed by atoms with Gasteiger partial charge in [-0.3, -0.25) is 4.90 Å². The van der Waals surface area contributed by atoms with E-state index in [1.165, 1.54) is 19.2 Å². The number of hydroxylamine groups is 2. The van der Waals surface area contributed by atoms with Crippen molar-refractivity contribution in [3.8, 4) is 0 Å². The first-order valence-corrected chi connectivity index (χ1v) is 11.0. The Morgan fingerprint density at radius 1 is 1.06 bits per heavy atom. The maximum Gasteiger partial charge on any atom is 0.416 e. The van der Waals surface area contributed by atoms with Gasteiger partial charge in [0.15, 0.2) is 7.05 Å². The molecule has 0 atom stereocenters. The highest BCUT2D eigenvalue weighted by atomic mass is 19.4. The number of aromatic nitrogens is 3. The Balaban J connectivity index is 1.29. The lowest BCUT2D eigenvalue weighted by molar-refractivity contribution is -1.22. The standard InChI is InChI=1S/C23H28F3N6O2/c1-32(33,34)28-21-4-2-3-19(13-21)18-9-11-30(12-10-18)15-22-16-31(29-27-22)14-17-5-7-20(8-6-17)23(24,25)26/h2-8,13,16,18,28,33-34H,9-12,14-15H2,1H3/q+1. The molecule has 3 aromatic rings. The van der Waals surface area contributed by atoms with Crippen LogP contribution in [0.1, 0.15) is 41.1 Å². The van der Waals surface area contributed by atoms with E-state index in [0.717, 1.165) is 54.9 Å². The van der Waals surface area contributed by atoms with Crippen molar-refractivity contribution in [3.63, 3.8) is 0 Å². The van der Waals surface area contributed by atoms with E-state index in [2.05, 4.69) is 26.7 Å². The molecule has 0 unspecified atom stereocenters. The highest BCUT2D eigenvalue weighted by molar-refractivity contribution is 5.44. The van der Waals surface area contributed by atoms with Crippen molar-refractivity contribution < 1.29 is 28.5 Å². The molecule has 0 bridgehead atoms. The van der Waals surface area contributed by atoms with Crippen LogP contribution in [0.3, 0.4) is 0 Å². The number of hydrogen-bond acceptors (Lipinski definition) is 6. The van der Waals surface area contributed by atoms with Gasteiger partial charge < -0.3 is 0 Å². The third-order valence-electron chi connectivity index (χ3n) is 5.88. The number of rotatable bonds is 7. The normalized spacial score (nSPS) is 16.1. The van der Waals surface area contributed by atoms with Crippen LogP contribution in [0.2, 0.25) is 0 Å². The van der Waals surface area contributed by atoms with Gasteiger partial charge in [-0.2, -0.15) is 29.0 Å². The number of nitrogens with one attached hydrogen (secondary N) is 1. The summed E-state index contributed by atoms with van der Waals surface area (Å²) in [6.07, 6.45) is -0.579. The molecule has 1 aromatic heterocycles. The van der Waals surface area contributed by atoms with Crippen LogP contribution in [0, 0.1) is 0 Å². The van der Waals surface area contributed by atoms with Gasteiger partial charge in [-0.05, 0) is 67.2 Å². The molecule has 0 amide bonds. The molecule has 8 nitrogen and oxygen atoms in total. The van der Waals surface area contributed by atoms with Crippen LogP contribution in [0.25, 0.3) is 0 Å². The lowest BCUT2D eigenvalue weighted by Gasteiger charge is -2.31. The molecular weight excluding hydrogens is 449 g/mol. The van der Waals surface area contributed by atoms with Crippen molar-refractivity contribution in [3.05, 3.63) is 77.1 Å². The summed E-state index contributed by atoms with van der Waals surface area (Å²) in [5, 5.41) is 27.3. The summed E-state index contributed by atoms with van der Waals surface area (Å²) in [6, 6.07) is 12.8. The van der Waals surface area contributed by atoms with Gasteiger partial charge in [0, 0.05) is 11.5 Å². The predicted octanol–water partition coefficient (Wildman–Crippen LogP) is 4.28. The van der Waals surface area contributed by atoms with Crippen molar-refractivity contribution >= 4 is 5.69 Å². The van der Waals surface area contributed by atoms with Gasteiger partial charge in [0.2, 0.25) is 0 Å². The molecule has 1 fully saturated rings. The van der Waals surface area contributed by atoms with E-state index in [1.54, 1.807) is 10.7 Å². The number of quaternary nitrogens is 1. The van der Waals surface area contributed by atoms with Crippen LogP contribution in [-0.2, 0) is 19.3 Å². The maximum absolute atomic E-state index is 12.7. The zero-order valence-corrected chi connectivity index (χ0v) is 18.8. The summed E-state index contributed by atoms with van der Waals surface area (Å²) in [5.74, 6) is 0.379. The molecule has 1 aliphatic rings. The average Bonchev–Trinajstić information content (AvgIpc) is 3.20. The number of hydrogen-bond donors (Lipinski definition) is 3. The van der Waals surface area contributed by atoms with Crippen LogP contribution in [-0.4, -0.2) is 55.4 Å². The smallest absolute Gasteiger partial charge is 0.297 e. The second kappa shape index (κ2) is 9.71. The minimum Gasteiger partial charge on any atom is -0.297 e. The van der Waals surface area contributed by atoms with E-state index in [9.17, 15) is 23.6 Å². The maximum atomic E-state index is 12.7.